The van der Waals surface area contributed by atoms with Crippen molar-refractivity contribution in [3.8, 4) is 0 Å². The second-order valence-electron chi connectivity index (χ2n) is 5.05. The average molecular weight is 267 g/mol. The van der Waals surface area contributed by atoms with Gasteiger partial charge in [-0.2, -0.15) is 0 Å². The first-order valence-corrected chi connectivity index (χ1v) is 6.27. The van der Waals surface area contributed by atoms with Crippen LogP contribution < -0.4 is 16.6 Å². The molecule has 0 aliphatic heterocycles. The Hall–Kier alpha value is -1.89. The summed E-state index contributed by atoms with van der Waals surface area (Å²) in [6.07, 6.45) is 3.82. The lowest BCUT2D eigenvalue weighted by Gasteiger charge is -2.26. The van der Waals surface area contributed by atoms with Gasteiger partial charge in [0.1, 0.15) is 5.69 Å². The number of amides is 1. The molecule has 19 heavy (non-hydrogen) atoms. The second kappa shape index (κ2) is 5.40. The maximum atomic E-state index is 11.8. The zero-order valence-corrected chi connectivity index (χ0v) is 10.5. The fourth-order valence-corrected chi connectivity index (χ4v) is 2.47. The van der Waals surface area contributed by atoms with Crippen LogP contribution in [0.3, 0.4) is 0 Å². The van der Waals surface area contributed by atoms with Gasteiger partial charge in [-0.25, -0.2) is 4.79 Å². The summed E-state index contributed by atoms with van der Waals surface area (Å²) in [5.41, 5.74) is -1.67. The number of nitrogens with one attached hydrogen (secondary N) is 3. The van der Waals surface area contributed by atoms with E-state index < -0.39 is 17.2 Å². The van der Waals surface area contributed by atoms with Crippen LogP contribution in [0.1, 0.15) is 36.2 Å². The van der Waals surface area contributed by atoms with Gasteiger partial charge in [-0.15, -0.1) is 0 Å². The van der Waals surface area contributed by atoms with Crippen molar-refractivity contribution in [3.63, 3.8) is 0 Å². The number of hydrogen-bond donors (Lipinski definition) is 4. The summed E-state index contributed by atoms with van der Waals surface area (Å²) in [5, 5.41) is 12.1. The zero-order chi connectivity index (χ0) is 13.9. The van der Waals surface area contributed by atoms with E-state index in [9.17, 15) is 19.5 Å². The number of aromatic amines is 2. The minimum Gasteiger partial charge on any atom is -0.396 e. The Balaban J connectivity index is 2.05. The molecule has 0 unspecified atom stereocenters. The van der Waals surface area contributed by atoms with Gasteiger partial charge in [-0.3, -0.25) is 14.6 Å². The van der Waals surface area contributed by atoms with Crippen molar-refractivity contribution in [2.45, 2.75) is 25.7 Å². The van der Waals surface area contributed by atoms with Crippen molar-refractivity contribution in [1.82, 2.24) is 15.3 Å². The van der Waals surface area contributed by atoms with Crippen LogP contribution in [-0.2, 0) is 0 Å². The van der Waals surface area contributed by atoms with E-state index >= 15 is 0 Å². The fraction of sp³-hybridized carbons (Fsp3) is 0.583. The van der Waals surface area contributed by atoms with Crippen LogP contribution >= 0.6 is 0 Å². The molecule has 1 aromatic heterocycles. The van der Waals surface area contributed by atoms with Gasteiger partial charge in [0.2, 0.25) is 0 Å². The molecule has 0 aromatic carbocycles. The monoisotopic (exact) mass is 267 g/mol. The highest BCUT2D eigenvalue weighted by atomic mass is 16.3. The molecule has 1 aromatic rings. The van der Waals surface area contributed by atoms with Gasteiger partial charge in [0, 0.05) is 18.0 Å². The van der Waals surface area contributed by atoms with Gasteiger partial charge in [-0.1, -0.05) is 12.8 Å². The summed E-state index contributed by atoms with van der Waals surface area (Å²) in [4.78, 5) is 38.3. The summed E-state index contributed by atoms with van der Waals surface area (Å²) in [6, 6.07) is 1.04. The van der Waals surface area contributed by atoms with Crippen molar-refractivity contribution in [2.24, 2.45) is 5.41 Å². The van der Waals surface area contributed by atoms with Crippen molar-refractivity contribution < 1.29 is 9.90 Å². The molecule has 4 N–H and O–H groups in total. The summed E-state index contributed by atoms with van der Waals surface area (Å²) < 4.78 is 0. The second-order valence-corrected chi connectivity index (χ2v) is 5.05. The molecular weight excluding hydrogens is 250 g/mol. The SMILES string of the molecule is O=C(NCC1(CO)CCCC1)c1cc(=O)[nH]c(=O)[nH]1. The molecule has 1 amide bonds. The van der Waals surface area contributed by atoms with E-state index in [-0.39, 0.29) is 17.7 Å². The van der Waals surface area contributed by atoms with Gasteiger partial charge < -0.3 is 15.4 Å². The Labute approximate surface area is 109 Å². The van der Waals surface area contributed by atoms with E-state index in [0.29, 0.717) is 6.54 Å². The van der Waals surface area contributed by atoms with Crippen LogP contribution in [0.25, 0.3) is 0 Å². The molecule has 0 spiro atoms. The van der Waals surface area contributed by atoms with E-state index in [4.69, 9.17) is 0 Å². The van der Waals surface area contributed by atoms with Crippen LogP contribution in [0.5, 0.6) is 0 Å². The summed E-state index contributed by atoms with van der Waals surface area (Å²) >= 11 is 0. The third-order valence-corrected chi connectivity index (χ3v) is 3.63. The molecule has 7 heteroatoms. The third-order valence-electron chi connectivity index (χ3n) is 3.63. The molecule has 1 aliphatic carbocycles. The summed E-state index contributed by atoms with van der Waals surface area (Å²) in [6.45, 7) is 0.371. The van der Waals surface area contributed by atoms with E-state index in [0.717, 1.165) is 31.7 Å². The van der Waals surface area contributed by atoms with Crippen molar-refractivity contribution in [2.75, 3.05) is 13.2 Å². The first-order chi connectivity index (χ1) is 9.04. The Morgan fingerprint density at radius 2 is 2.00 bits per heavy atom. The molecule has 0 saturated heterocycles. The number of aliphatic hydroxyl groups is 1. The number of hydrogen-bond acceptors (Lipinski definition) is 4. The highest BCUT2D eigenvalue weighted by Gasteiger charge is 2.33. The van der Waals surface area contributed by atoms with Crippen LogP contribution in [0.4, 0.5) is 0 Å². The maximum absolute atomic E-state index is 11.8. The van der Waals surface area contributed by atoms with Gasteiger partial charge in [0.05, 0.1) is 6.61 Å². The standard InChI is InChI=1S/C12H17N3O4/c16-7-12(3-1-2-4-12)6-13-10(18)8-5-9(17)15-11(19)14-8/h5,16H,1-4,6-7H2,(H,13,18)(H2,14,15,17,19). The maximum Gasteiger partial charge on any atom is 0.326 e. The van der Waals surface area contributed by atoms with Crippen molar-refractivity contribution in [3.05, 3.63) is 32.6 Å². The lowest BCUT2D eigenvalue weighted by atomic mass is 9.87. The number of aromatic nitrogens is 2. The smallest absolute Gasteiger partial charge is 0.326 e. The molecule has 0 radical (unpaired) electrons. The number of rotatable bonds is 4. The highest BCUT2D eigenvalue weighted by molar-refractivity contribution is 5.92. The van der Waals surface area contributed by atoms with E-state index in [1.165, 1.54) is 0 Å². The van der Waals surface area contributed by atoms with Gasteiger partial charge in [-0.05, 0) is 12.8 Å². The molecule has 0 atom stereocenters. The molecule has 104 valence electrons. The van der Waals surface area contributed by atoms with Crippen LogP contribution in [-0.4, -0.2) is 34.1 Å². The van der Waals surface area contributed by atoms with Gasteiger partial charge in [0.25, 0.3) is 11.5 Å². The molecule has 1 saturated carbocycles. The molecule has 0 bridgehead atoms. The molecule has 2 rings (SSSR count). The number of aliphatic hydroxyl groups excluding tert-OH is 1. The average Bonchev–Trinajstić information content (AvgIpc) is 2.84. The van der Waals surface area contributed by atoms with Crippen molar-refractivity contribution in [1.29, 1.82) is 0 Å². The number of carbonyl (C=O) groups excluding carboxylic acids is 1. The van der Waals surface area contributed by atoms with Crippen molar-refractivity contribution >= 4 is 5.91 Å². The van der Waals surface area contributed by atoms with Crippen LogP contribution in [0.15, 0.2) is 15.7 Å². The Morgan fingerprint density at radius 3 is 2.58 bits per heavy atom. The first-order valence-electron chi connectivity index (χ1n) is 6.27. The topological polar surface area (TPSA) is 115 Å². The van der Waals surface area contributed by atoms with Gasteiger partial charge >= 0.3 is 5.69 Å². The lowest BCUT2D eigenvalue weighted by molar-refractivity contribution is 0.0875. The number of carbonyl (C=O) groups is 1. The molecule has 1 fully saturated rings. The summed E-state index contributed by atoms with van der Waals surface area (Å²) in [7, 11) is 0. The van der Waals surface area contributed by atoms with Crippen LogP contribution in [0, 0.1) is 5.41 Å². The Morgan fingerprint density at radius 1 is 1.32 bits per heavy atom. The highest BCUT2D eigenvalue weighted by Crippen LogP contribution is 2.36. The predicted molar refractivity (Wildman–Crippen MR) is 68.0 cm³/mol. The lowest BCUT2D eigenvalue weighted by Crippen LogP contribution is -2.39. The van der Waals surface area contributed by atoms with Gasteiger partial charge in [0.15, 0.2) is 0 Å². The summed E-state index contributed by atoms with van der Waals surface area (Å²) in [5.74, 6) is -0.511. The normalized spacial score (nSPS) is 17.3. The minimum atomic E-state index is -0.713. The molecule has 1 heterocycles. The molecular formula is C12H17N3O4. The predicted octanol–water partition coefficient (Wildman–Crippen LogP) is -0.654. The molecule has 7 nitrogen and oxygen atoms in total. The zero-order valence-electron chi connectivity index (χ0n) is 10.5. The Bertz CT molecular complexity index is 541. The third kappa shape index (κ3) is 3.11. The molecule has 1 aliphatic rings. The first kappa shape index (κ1) is 13.5. The van der Waals surface area contributed by atoms with E-state index in [2.05, 4.69) is 10.3 Å². The van der Waals surface area contributed by atoms with E-state index in [1.54, 1.807) is 0 Å². The quantitative estimate of drug-likeness (QED) is 0.580. The minimum absolute atomic E-state index is 0.0270. The fourth-order valence-electron chi connectivity index (χ4n) is 2.47. The number of H-pyrrole nitrogens is 2. The largest absolute Gasteiger partial charge is 0.396 e. The van der Waals surface area contributed by atoms with Crippen LogP contribution in [0.2, 0.25) is 0 Å². The van der Waals surface area contributed by atoms with E-state index in [1.807, 2.05) is 4.98 Å². The Kier molecular flexibility index (Phi) is 3.84.